The van der Waals surface area contributed by atoms with Gasteiger partial charge < -0.3 is 4.90 Å². The van der Waals surface area contributed by atoms with Crippen LogP contribution < -0.4 is 4.90 Å². The fraction of sp³-hybridized carbons (Fsp3) is 0.0169. The molecular weight excluding hydrogens is 723 g/mol. The molecule has 1 aliphatic rings. The van der Waals surface area contributed by atoms with E-state index < -0.39 is 5.41 Å². The molecule has 60 heavy (non-hydrogen) atoms. The molecule has 1 nitrogen and oxygen atoms in total. The van der Waals surface area contributed by atoms with Gasteiger partial charge in [-0.05, 0) is 102 Å². The smallest absolute Gasteiger partial charge is 0.0714 e. The Kier molecular flexibility index (Phi) is 8.79. The zero-order valence-corrected chi connectivity index (χ0v) is 33.1. The predicted octanol–water partition coefficient (Wildman–Crippen LogP) is 15.7. The van der Waals surface area contributed by atoms with Crippen LogP contribution in [0.5, 0.6) is 0 Å². The fourth-order valence-electron chi connectivity index (χ4n) is 9.64. The molecule has 0 aromatic heterocycles. The van der Waals surface area contributed by atoms with Gasteiger partial charge in [-0.1, -0.05) is 218 Å². The molecule has 0 fully saturated rings. The molecule has 0 aliphatic heterocycles. The number of benzene rings is 10. The molecule has 1 atom stereocenters. The summed E-state index contributed by atoms with van der Waals surface area (Å²) in [6.07, 6.45) is 0. The second kappa shape index (κ2) is 14.9. The molecule has 282 valence electrons. The Bertz CT molecular complexity index is 3010. The van der Waals surface area contributed by atoms with Gasteiger partial charge in [0.05, 0.1) is 11.1 Å². The highest BCUT2D eigenvalue weighted by molar-refractivity contribution is 5.99. The molecule has 11 rings (SSSR count). The summed E-state index contributed by atoms with van der Waals surface area (Å²) in [5, 5.41) is 2.51. The number of hydrogen-bond donors (Lipinski definition) is 0. The minimum absolute atomic E-state index is 0.555. The van der Waals surface area contributed by atoms with Crippen molar-refractivity contribution in [2.45, 2.75) is 5.41 Å². The maximum atomic E-state index is 2.45. The van der Waals surface area contributed by atoms with E-state index in [4.69, 9.17) is 0 Å². The van der Waals surface area contributed by atoms with Crippen LogP contribution in [0.15, 0.2) is 249 Å². The van der Waals surface area contributed by atoms with Gasteiger partial charge in [0.15, 0.2) is 0 Å². The lowest BCUT2D eigenvalue weighted by Crippen LogP contribution is -2.28. The van der Waals surface area contributed by atoms with Crippen LogP contribution in [0.25, 0.3) is 55.3 Å². The Labute approximate surface area is 352 Å². The van der Waals surface area contributed by atoms with Crippen molar-refractivity contribution in [2.75, 3.05) is 4.90 Å². The summed E-state index contributed by atoms with van der Waals surface area (Å²) in [6.45, 7) is 0. The van der Waals surface area contributed by atoms with E-state index in [9.17, 15) is 0 Å². The number of fused-ring (bicyclic) bond motifs is 4. The zero-order valence-electron chi connectivity index (χ0n) is 33.1. The summed E-state index contributed by atoms with van der Waals surface area (Å²) >= 11 is 0. The molecule has 0 bridgehead atoms. The minimum atomic E-state index is -0.555. The third kappa shape index (κ3) is 5.86. The van der Waals surface area contributed by atoms with E-state index in [1.165, 1.54) is 77.5 Å². The maximum Gasteiger partial charge on any atom is 0.0714 e. The number of rotatable bonds is 8. The first kappa shape index (κ1) is 35.4. The summed E-state index contributed by atoms with van der Waals surface area (Å²) in [5.74, 6) is 0. The van der Waals surface area contributed by atoms with E-state index in [0.717, 1.165) is 17.1 Å². The topological polar surface area (TPSA) is 3.24 Å². The maximum absolute atomic E-state index is 2.45. The van der Waals surface area contributed by atoms with Crippen LogP contribution in [0.4, 0.5) is 17.1 Å². The highest BCUT2D eigenvalue weighted by atomic mass is 15.1. The quantitative estimate of drug-likeness (QED) is 0.149. The van der Waals surface area contributed by atoms with Crippen molar-refractivity contribution in [2.24, 2.45) is 0 Å². The van der Waals surface area contributed by atoms with E-state index in [1.54, 1.807) is 0 Å². The second-order valence-electron chi connectivity index (χ2n) is 15.6. The summed E-state index contributed by atoms with van der Waals surface area (Å²) < 4.78 is 0. The van der Waals surface area contributed by atoms with Gasteiger partial charge in [0, 0.05) is 16.9 Å². The molecule has 1 unspecified atom stereocenters. The molecule has 0 radical (unpaired) electrons. The van der Waals surface area contributed by atoms with Gasteiger partial charge in [0.25, 0.3) is 0 Å². The fourth-order valence-corrected chi connectivity index (χ4v) is 9.64. The van der Waals surface area contributed by atoms with E-state index in [2.05, 4.69) is 254 Å². The Morgan fingerprint density at radius 1 is 0.283 bits per heavy atom. The summed E-state index contributed by atoms with van der Waals surface area (Å²) in [6, 6.07) is 91.0. The third-order valence-corrected chi connectivity index (χ3v) is 12.4. The molecule has 10 aromatic carbocycles. The summed E-state index contributed by atoms with van der Waals surface area (Å²) in [4.78, 5) is 2.45. The SMILES string of the molecule is c1ccc(-c2ccc(N(c3ccc(-c4ccccc4)cc3)c3cccc4c3-c3ccccc3C4(c3ccccc3)c3ccc(-c4cccc5ccccc45)cc3)cc2)cc1. The lowest BCUT2D eigenvalue weighted by Gasteiger charge is -2.34. The first-order valence-electron chi connectivity index (χ1n) is 20.8. The lowest BCUT2D eigenvalue weighted by molar-refractivity contribution is 0.768. The van der Waals surface area contributed by atoms with Crippen LogP contribution in [-0.4, -0.2) is 0 Å². The van der Waals surface area contributed by atoms with Gasteiger partial charge in [0.2, 0.25) is 0 Å². The van der Waals surface area contributed by atoms with Crippen molar-refractivity contribution in [1.82, 2.24) is 0 Å². The molecule has 10 aromatic rings. The van der Waals surface area contributed by atoms with Gasteiger partial charge >= 0.3 is 0 Å². The first-order valence-corrected chi connectivity index (χ1v) is 20.8. The Hall–Kier alpha value is -7.74. The Morgan fingerprint density at radius 2 is 0.733 bits per heavy atom. The van der Waals surface area contributed by atoms with E-state index in [0.29, 0.717) is 0 Å². The van der Waals surface area contributed by atoms with Crippen molar-refractivity contribution < 1.29 is 0 Å². The van der Waals surface area contributed by atoms with Crippen LogP contribution >= 0.6 is 0 Å². The van der Waals surface area contributed by atoms with E-state index in [1.807, 2.05) is 0 Å². The normalized spacial score (nSPS) is 14.1. The lowest BCUT2D eigenvalue weighted by atomic mass is 9.67. The van der Waals surface area contributed by atoms with Gasteiger partial charge in [-0.15, -0.1) is 0 Å². The summed E-state index contributed by atoms with van der Waals surface area (Å²) in [5.41, 5.74) is 17.6. The molecular formula is C59H41N. The van der Waals surface area contributed by atoms with Gasteiger partial charge in [-0.3, -0.25) is 0 Å². The highest BCUT2D eigenvalue weighted by Crippen LogP contribution is 2.59. The van der Waals surface area contributed by atoms with Gasteiger partial charge in [0.1, 0.15) is 0 Å². The van der Waals surface area contributed by atoms with Crippen molar-refractivity contribution in [1.29, 1.82) is 0 Å². The molecule has 1 heteroatoms. The Morgan fingerprint density at radius 3 is 1.38 bits per heavy atom. The number of hydrogen-bond acceptors (Lipinski definition) is 1. The van der Waals surface area contributed by atoms with Crippen molar-refractivity contribution >= 4 is 27.8 Å². The van der Waals surface area contributed by atoms with Gasteiger partial charge in [-0.25, -0.2) is 0 Å². The molecule has 0 N–H and O–H groups in total. The summed E-state index contributed by atoms with van der Waals surface area (Å²) in [7, 11) is 0. The van der Waals surface area contributed by atoms with Crippen molar-refractivity contribution in [3.63, 3.8) is 0 Å². The number of anilines is 3. The van der Waals surface area contributed by atoms with E-state index in [-0.39, 0.29) is 0 Å². The number of nitrogens with zero attached hydrogens (tertiary/aromatic N) is 1. The zero-order chi connectivity index (χ0) is 39.9. The monoisotopic (exact) mass is 763 g/mol. The third-order valence-electron chi connectivity index (χ3n) is 12.4. The second-order valence-corrected chi connectivity index (χ2v) is 15.6. The molecule has 0 spiro atoms. The minimum Gasteiger partial charge on any atom is -0.310 e. The largest absolute Gasteiger partial charge is 0.310 e. The predicted molar refractivity (Wildman–Crippen MR) is 252 cm³/mol. The van der Waals surface area contributed by atoms with Crippen LogP contribution in [0.3, 0.4) is 0 Å². The molecule has 0 saturated carbocycles. The first-order chi connectivity index (χ1) is 29.8. The molecule has 0 saturated heterocycles. The van der Waals surface area contributed by atoms with Crippen molar-refractivity contribution in [3.05, 3.63) is 271 Å². The van der Waals surface area contributed by atoms with Crippen LogP contribution in [0.2, 0.25) is 0 Å². The molecule has 0 amide bonds. The van der Waals surface area contributed by atoms with E-state index >= 15 is 0 Å². The van der Waals surface area contributed by atoms with Crippen LogP contribution in [0, 0.1) is 0 Å². The van der Waals surface area contributed by atoms with Gasteiger partial charge in [-0.2, -0.15) is 0 Å². The van der Waals surface area contributed by atoms with Crippen molar-refractivity contribution in [3.8, 4) is 44.5 Å². The molecule has 0 heterocycles. The Balaban J connectivity index is 1.12. The van der Waals surface area contributed by atoms with Crippen LogP contribution in [-0.2, 0) is 5.41 Å². The average molecular weight is 764 g/mol. The average Bonchev–Trinajstić information content (AvgIpc) is 3.64. The highest BCUT2D eigenvalue weighted by Gasteiger charge is 2.47. The molecule has 1 aliphatic carbocycles. The van der Waals surface area contributed by atoms with Crippen LogP contribution in [0.1, 0.15) is 22.3 Å². The standard InChI is InChI=1S/C59H41N/c1-4-16-42(17-5-1)44-32-38-50(39-33-44)60(51-40-34-45(35-41-51)43-18-6-2-7-19-43)57-29-15-28-56-58(57)54-25-12-13-27-55(54)59(56,48-22-8-3-9-23-48)49-36-30-47(31-37-49)53-26-14-21-46-20-10-11-24-52(46)53/h1-41H.